The van der Waals surface area contributed by atoms with Crippen LogP contribution < -0.4 is 9.47 Å². The third-order valence-electron chi connectivity index (χ3n) is 3.28. The Bertz CT molecular complexity index is 334. The van der Waals surface area contributed by atoms with Crippen molar-refractivity contribution in [3.63, 3.8) is 0 Å². The molecule has 0 unspecified atom stereocenters. The molecule has 0 fully saturated rings. The number of unbranched alkanes of at least 4 members (excludes halogenated alkanes) is 5. The summed E-state index contributed by atoms with van der Waals surface area (Å²) in [7, 11) is 3.40. The molecule has 0 amide bonds. The van der Waals surface area contributed by atoms with Crippen molar-refractivity contribution in [2.45, 2.75) is 51.9 Å². The second-order valence-corrected chi connectivity index (χ2v) is 4.67. The Morgan fingerprint density at radius 2 is 1.61 bits per heavy atom. The molecule has 0 heterocycles. The number of hydrogen-bond donors (Lipinski definition) is 0. The van der Waals surface area contributed by atoms with Crippen LogP contribution in [0.3, 0.4) is 0 Å². The first-order chi connectivity index (χ1) is 8.83. The maximum Gasteiger partial charge on any atom is 0.163 e. The highest BCUT2D eigenvalue weighted by atomic mass is 16.5. The van der Waals surface area contributed by atoms with E-state index in [0.29, 0.717) is 0 Å². The van der Waals surface area contributed by atoms with Gasteiger partial charge in [-0.2, -0.15) is 0 Å². The van der Waals surface area contributed by atoms with E-state index >= 15 is 0 Å². The van der Waals surface area contributed by atoms with Gasteiger partial charge in [0, 0.05) is 0 Å². The molecule has 0 radical (unpaired) electrons. The molecule has 0 saturated carbocycles. The van der Waals surface area contributed by atoms with Crippen molar-refractivity contribution in [3.8, 4) is 11.5 Å². The third kappa shape index (κ3) is 4.59. The molecular weight excluding hydrogens is 224 g/mol. The molecule has 102 valence electrons. The number of hydrogen-bond acceptors (Lipinski definition) is 2. The zero-order valence-corrected chi connectivity index (χ0v) is 12.0. The highest BCUT2D eigenvalue weighted by Crippen LogP contribution is 2.31. The highest BCUT2D eigenvalue weighted by Gasteiger charge is 2.08. The van der Waals surface area contributed by atoms with E-state index in [1.54, 1.807) is 14.2 Å². The molecule has 18 heavy (non-hydrogen) atoms. The van der Waals surface area contributed by atoms with E-state index in [0.717, 1.165) is 17.9 Å². The lowest BCUT2D eigenvalue weighted by atomic mass is 10.0. The Kier molecular flexibility index (Phi) is 7.31. The summed E-state index contributed by atoms with van der Waals surface area (Å²) >= 11 is 0. The van der Waals surface area contributed by atoms with Crippen molar-refractivity contribution in [2.75, 3.05) is 14.2 Å². The van der Waals surface area contributed by atoms with E-state index in [9.17, 15) is 0 Å². The molecule has 0 N–H and O–H groups in total. The van der Waals surface area contributed by atoms with Crippen LogP contribution in [0.4, 0.5) is 0 Å². The van der Waals surface area contributed by atoms with Gasteiger partial charge in [-0.15, -0.1) is 0 Å². The lowest BCUT2D eigenvalue weighted by Gasteiger charge is -2.12. The highest BCUT2D eigenvalue weighted by molar-refractivity contribution is 5.46. The monoisotopic (exact) mass is 250 g/mol. The smallest absolute Gasteiger partial charge is 0.163 e. The van der Waals surface area contributed by atoms with E-state index in [1.165, 1.54) is 44.1 Å². The predicted octanol–water partition coefficient (Wildman–Crippen LogP) is 4.61. The van der Waals surface area contributed by atoms with Crippen LogP contribution in [0.25, 0.3) is 0 Å². The second-order valence-electron chi connectivity index (χ2n) is 4.67. The van der Waals surface area contributed by atoms with Crippen LogP contribution in [-0.2, 0) is 6.42 Å². The summed E-state index contributed by atoms with van der Waals surface area (Å²) in [6.45, 7) is 2.25. The van der Waals surface area contributed by atoms with Crippen molar-refractivity contribution < 1.29 is 9.47 Å². The number of para-hydroxylation sites is 1. The fourth-order valence-corrected chi connectivity index (χ4v) is 2.25. The average molecular weight is 250 g/mol. The lowest BCUT2D eigenvalue weighted by Crippen LogP contribution is -1.96. The molecule has 2 nitrogen and oxygen atoms in total. The maximum absolute atomic E-state index is 5.44. The summed E-state index contributed by atoms with van der Waals surface area (Å²) in [6.07, 6.45) is 9.00. The van der Waals surface area contributed by atoms with E-state index in [4.69, 9.17) is 9.47 Å². The lowest BCUT2D eigenvalue weighted by molar-refractivity contribution is 0.351. The Morgan fingerprint density at radius 3 is 2.28 bits per heavy atom. The molecule has 1 aromatic rings. The summed E-state index contributed by atoms with van der Waals surface area (Å²) in [4.78, 5) is 0. The van der Waals surface area contributed by atoms with Gasteiger partial charge in [0.15, 0.2) is 11.5 Å². The normalized spacial score (nSPS) is 10.4. The minimum atomic E-state index is 0.834. The summed E-state index contributed by atoms with van der Waals surface area (Å²) in [6, 6.07) is 6.12. The van der Waals surface area contributed by atoms with E-state index in [2.05, 4.69) is 13.0 Å². The van der Waals surface area contributed by atoms with Gasteiger partial charge in [-0.1, -0.05) is 51.2 Å². The summed E-state index contributed by atoms with van der Waals surface area (Å²) in [5.41, 5.74) is 1.26. The van der Waals surface area contributed by atoms with Crippen LogP contribution in [0.15, 0.2) is 18.2 Å². The van der Waals surface area contributed by atoms with Gasteiger partial charge in [-0.05, 0) is 24.5 Å². The van der Waals surface area contributed by atoms with Crippen molar-refractivity contribution >= 4 is 0 Å². The average Bonchev–Trinajstić information content (AvgIpc) is 2.42. The van der Waals surface area contributed by atoms with Crippen LogP contribution in [0.1, 0.15) is 51.0 Å². The van der Waals surface area contributed by atoms with Gasteiger partial charge in [-0.25, -0.2) is 0 Å². The largest absolute Gasteiger partial charge is 0.493 e. The van der Waals surface area contributed by atoms with Gasteiger partial charge in [0.25, 0.3) is 0 Å². The fraction of sp³-hybridized carbons (Fsp3) is 0.625. The predicted molar refractivity (Wildman–Crippen MR) is 76.6 cm³/mol. The standard InChI is InChI=1S/C16H26O2/c1-4-5-6-7-8-9-11-14-12-10-13-15(17-2)16(14)18-3/h10,12-13H,4-9,11H2,1-3H3. The summed E-state index contributed by atoms with van der Waals surface area (Å²) in [5.74, 6) is 1.73. The molecule has 0 aliphatic heterocycles. The molecule has 0 atom stereocenters. The number of ether oxygens (including phenoxy) is 2. The Balaban J connectivity index is 2.41. The molecule has 0 saturated heterocycles. The maximum atomic E-state index is 5.44. The first-order valence-corrected chi connectivity index (χ1v) is 7.03. The van der Waals surface area contributed by atoms with Crippen LogP contribution in [0.5, 0.6) is 11.5 Å². The van der Waals surface area contributed by atoms with E-state index in [-0.39, 0.29) is 0 Å². The van der Waals surface area contributed by atoms with Gasteiger partial charge in [0.2, 0.25) is 0 Å². The quantitative estimate of drug-likeness (QED) is 0.596. The molecule has 1 aromatic carbocycles. The van der Waals surface area contributed by atoms with Crippen LogP contribution in [0, 0.1) is 0 Å². The van der Waals surface area contributed by atoms with Gasteiger partial charge >= 0.3 is 0 Å². The minimum absolute atomic E-state index is 0.834. The SMILES string of the molecule is CCCCCCCCc1cccc(OC)c1OC. The summed E-state index contributed by atoms with van der Waals surface area (Å²) < 4.78 is 10.7. The van der Waals surface area contributed by atoms with Crippen molar-refractivity contribution in [3.05, 3.63) is 23.8 Å². The first kappa shape index (κ1) is 14.9. The van der Waals surface area contributed by atoms with Crippen molar-refractivity contribution in [2.24, 2.45) is 0 Å². The second kappa shape index (κ2) is 8.84. The van der Waals surface area contributed by atoms with Gasteiger partial charge < -0.3 is 9.47 Å². The Labute approximate surface area is 111 Å². The summed E-state index contributed by atoms with van der Waals surface area (Å²) in [5, 5.41) is 0. The van der Waals surface area contributed by atoms with Crippen LogP contribution >= 0.6 is 0 Å². The van der Waals surface area contributed by atoms with Crippen molar-refractivity contribution in [1.82, 2.24) is 0 Å². The molecule has 0 aliphatic rings. The first-order valence-electron chi connectivity index (χ1n) is 7.03. The van der Waals surface area contributed by atoms with Gasteiger partial charge in [-0.3, -0.25) is 0 Å². The zero-order chi connectivity index (χ0) is 13.2. The third-order valence-corrected chi connectivity index (χ3v) is 3.28. The Hall–Kier alpha value is -1.18. The molecule has 0 spiro atoms. The minimum Gasteiger partial charge on any atom is -0.493 e. The van der Waals surface area contributed by atoms with Crippen LogP contribution in [-0.4, -0.2) is 14.2 Å². The number of aryl methyl sites for hydroxylation is 1. The molecule has 0 aromatic heterocycles. The van der Waals surface area contributed by atoms with Crippen LogP contribution in [0.2, 0.25) is 0 Å². The fourth-order valence-electron chi connectivity index (χ4n) is 2.25. The molecule has 2 heteroatoms. The van der Waals surface area contributed by atoms with Gasteiger partial charge in [0.1, 0.15) is 0 Å². The van der Waals surface area contributed by atoms with Gasteiger partial charge in [0.05, 0.1) is 14.2 Å². The number of methoxy groups -OCH3 is 2. The topological polar surface area (TPSA) is 18.5 Å². The van der Waals surface area contributed by atoms with E-state index in [1.807, 2.05) is 12.1 Å². The number of rotatable bonds is 9. The number of benzene rings is 1. The van der Waals surface area contributed by atoms with Crippen molar-refractivity contribution in [1.29, 1.82) is 0 Å². The Morgan fingerprint density at radius 1 is 0.889 bits per heavy atom. The molecular formula is C16H26O2. The van der Waals surface area contributed by atoms with E-state index < -0.39 is 0 Å². The molecule has 0 aliphatic carbocycles. The molecule has 0 bridgehead atoms. The zero-order valence-electron chi connectivity index (χ0n) is 12.0. The molecule has 1 rings (SSSR count).